The lowest BCUT2D eigenvalue weighted by atomic mass is 10.1. The molecule has 21 heavy (non-hydrogen) atoms. The Balaban J connectivity index is 2.11. The molecule has 2 rings (SSSR count). The molecule has 0 aliphatic rings. The summed E-state index contributed by atoms with van der Waals surface area (Å²) < 4.78 is 5.55. The predicted octanol–water partition coefficient (Wildman–Crippen LogP) is 3.24. The van der Waals surface area contributed by atoms with E-state index in [0.29, 0.717) is 0 Å². The van der Waals surface area contributed by atoms with E-state index in [0.717, 1.165) is 17.5 Å². The zero-order chi connectivity index (χ0) is 15.2. The maximum Gasteiger partial charge on any atom is 0.311 e. The zero-order valence-electron chi connectivity index (χ0n) is 11.9. The van der Waals surface area contributed by atoms with Crippen LogP contribution in [-0.2, 0) is 6.42 Å². The summed E-state index contributed by atoms with van der Waals surface area (Å²) >= 11 is 0. The number of hydrogen-bond acceptors (Lipinski definition) is 4. The lowest BCUT2D eigenvalue weighted by Gasteiger charge is -2.14. The van der Waals surface area contributed by atoms with Gasteiger partial charge in [-0.1, -0.05) is 43.3 Å². The van der Waals surface area contributed by atoms with E-state index < -0.39 is 4.92 Å². The Bertz CT molecular complexity index is 614. The van der Waals surface area contributed by atoms with Crippen LogP contribution in [0.5, 0.6) is 5.75 Å². The molecule has 0 heterocycles. The number of nitro groups is 1. The van der Waals surface area contributed by atoms with Gasteiger partial charge in [0.15, 0.2) is 5.75 Å². The van der Waals surface area contributed by atoms with Crippen molar-refractivity contribution in [2.24, 2.45) is 5.73 Å². The minimum Gasteiger partial charge on any atom is -0.485 e. The van der Waals surface area contributed by atoms with Crippen LogP contribution in [0.15, 0.2) is 48.5 Å². The summed E-state index contributed by atoms with van der Waals surface area (Å²) in [7, 11) is 0. The Morgan fingerprint density at radius 3 is 2.57 bits per heavy atom. The fourth-order valence-corrected chi connectivity index (χ4v) is 2.02. The Hall–Kier alpha value is -2.40. The van der Waals surface area contributed by atoms with Crippen LogP contribution in [0.3, 0.4) is 0 Å². The second kappa shape index (κ2) is 6.85. The first-order valence-corrected chi connectivity index (χ1v) is 6.82. The number of aryl methyl sites for hydroxylation is 1. The fraction of sp³-hybridized carbons (Fsp3) is 0.250. The average Bonchev–Trinajstić information content (AvgIpc) is 2.53. The summed E-state index contributed by atoms with van der Waals surface area (Å²) in [5, 5.41) is 11.1. The number of nitrogens with two attached hydrogens (primary N) is 1. The molecule has 0 fully saturated rings. The van der Waals surface area contributed by atoms with E-state index in [9.17, 15) is 10.1 Å². The molecular formula is C16H18N2O3. The lowest BCUT2D eigenvalue weighted by Crippen LogP contribution is -2.19. The quantitative estimate of drug-likeness (QED) is 0.653. The fourth-order valence-electron chi connectivity index (χ4n) is 2.02. The topological polar surface area (TPSA) is 78.4 Å². The van der Waals surface area contributed by atoms with Crippen molar-refractivity contribution >= 4 is 5.69 Å². The number of hydrogen-bond donors (Lipinski definition) is 1. The van der Waals surface area contributed by atoms with Crippen LogP contribution in [0.1, 0.15) is 24.1 Å². The van der Waals surface area contributed by atoms with Crippen LogP contribution in [0, 0.1) is 10.1 Å². The highest BCUT2D eigenvalue weighted by atomic mass is 16.6. The monoisotopic (exact) mass is 286 g/mol. The van der Waals surface area contributed by atoms with E-state index in [1.807, 2.05) is 43.3 Å². The largest absolute Gasteiger partial charge is 0.485 e. The Morgan fingerprint density at radius 1 is 1.24 bits per heavy atom. The van der Waals surface area contributed by atoms with Crippen molar-refractivity contribution in [3.8, 4) is 5.75 Å². The van der Waals surface area contributed by atoms with Crippen molar-refractivity contribution in [2.75, 3.05) is 6.61 Å². The van der Waals surface area contributed by atoms with Gasteiger partial charge in [-0.15, -0.1) is 0 Å². The van der Waals surface area contributed by atoms with E-state index in [2.05, 4.69) is 0 Å². The summed E-state index contributed by atoms with van der Waals surface area (Å²) in [5.74, 6) is 0.253. The van der Waals surface area contributed by atoms with Crippen molar-refractivity contribution < 1.29 is 9.66 Å². The minimum atomic E-state index is -0.428. The van der Waals surface area contributed by atoms with Gasteiger partial charge in [0, 0.05) is 6.07 Å². The van der Waals surface area contributed by atoms with Gasteiger partial charge in [0.2, 0.25) is 0 Å². The highest BCUT2D eigenvalue weighted by Crippen LogP contribution is 2.28. The molecule has 0 bridgehead atoms. The normalized spacial score (nSPS) is 11.9. The van der Waals surface area contributed by atoms with Gasteiger partial charge < -0.3 is 10.5 Å². The first-order valence-electron chi connectivity index (χ1n) is 6.82. The molecule has 0 aliphatic heterocycles. The Kier molecular flexibility index (Phi) is 4.90. The molecule has 0 saturated carbocycles. The third kappa shape index (κ3) is 3.79. The molecule has 0 saturated heterocycles. The summed E-state index contributed by atoms with van der Waals surface area (Å²) in [6, 6.07) is 14.2. The molecule has 0 radical (unpaired) electrons. The molecule has 2 aromatic carbocycles. The molecular weight excluding hydrogens is 268 g/mol. The number of ether oxygens (including phenoxy) is 1. The van der Waals surface area contributed by atoms with Gasteiger partial charge in [-0.3, -0.25) is 10.1 Å². The van der Waals surface area contributed by atoms with Crippen LogP contribution in [0.4, 0.5) is 5.69 Å². The second-order valence-corrected chi connectivity index (χ2v) is 4.74. The third-order valence-electron chi connectivity index (χ3n) is 3.27. The van der Waals surface area contributed by atoms with Gasteiger partial charge in [0.05, 0.1) is 11.0 Å². The van der Waals surface area contributed by atoms with Crippen molar-refractivity contribution in [3.63, 3.8) is 0 Å². The predicted molar refractivity (Wildman–Crippen MR) is 81.3 cm³/mol. The average molecular weight is 286 g/mol. The molecule has 5 heteroatoms. The van der Waals surface area contributed by atoms with Gasteiger partial charge in [-0.05, 0) is 23.6 Å². The van der Waals surface area contributed by atoms with Gasteiger partial charge in [-0.25, -0.2) is 0 Å². The van der Waals surface area contributed by atoms with Crippen molar-refractivity contribution in [1.82, 2.24) is 0 Å². The van der Waals surface area contributed by atoms with E-state index in [4.69, 9.17) is 10.5 Å². The smallest absolute Gasteiger partial charge is 0.311 e. The van der Waals surface area contributed by atoms with Crippen LogP contribution < -0.4 is 10.5 Å². The van der Waals surface area contributed by atoms with Crippen LogP contribution >= 0.6 is 0 Å². The molecule has 2 aromatic rings. The molecule has 110 valence electrons. The highest BCUT2D eigenvalue weighted by molar-refractivity contribution is 5.48. The SMILES string of the molecule is CCc1ccc(OCC(N)c2ccccc2)c([N+](=O)[O-])c1. The Labute approximate surface area is 123 Å². The number of nitrogens with zero attached hydrogens (tertiary/aromatic N) is 1. The summed E-state index contributed by atoms with van der Waals surface area (Å²) in [5.41, 5.74) is 7.85. The Morgan fingerprint density at radius 2 is 1.95 bits per heavy atom. The minimum absolute atomic E-state index is 0.0189. The second-order valence-electron chi connectivity index (χ2n) is 4.74. The highest BCUT2D eigenvalue weighted by Gasteiger charge is 2.17. The third-order valence-corrected chi connectivity index (χ3v) is 3.27. The van der Waals surface area contributed by atoms with E-state index in [-0.39, 0.29) is 24.1 Å². The number of benzene rings is 2. The molecule has 0 amide bonds. The van der Waals surface area contributed by atoms with Gasteiger partial charge in [0.25, 0.3) is 0 Å². The van der Waals surface area contributed by atoms with Gasteiger partial charge >= 0.3 is 5.69 Å². The number of rotatable bonds is 6. The molecule has 5 nitrogen and oxygen atoms in total. The zero-order valence-corrected chi connectivity index (χ0v) is 11.9. The molecule has 0 spiro atoms. The molecule has 1 atom stereocenters. The van der Waals surface area contributed by atoms with Crippen LogP contribution in [0.25, 0.3) is 0 Å². The molecule has 1 unspecified atom stereocenters. The summed E-state index contributed by atoms with van der Waals surface area (Å²) in [6.45, 7) is 2.14. The van der Waals surface area contributed by atoms with Gasteiger partial charge in [0.1, 0.15) is 6.61 Å². The van der Waals surface area contributed by atoms with Crippen molar-refractivity contribution in [3.05, 3.63) is 69.8 Å². The molecule has 0 aliphatic carbocycles. The standard InChI is InChI=1S/C16H18N2O3/c1-2-12-8-9-16(15(10-12)18(19)20)21-11-14(17)13-6-4-3-5-7-13/h3-10,14H,2,11,17H2,1H3. The lowest BCUT2D eigenvalue weighted by molar-refractivity contribution is -0.385. The van der Waals surface area contributed by atoms with Crippen molar-refractivity contribution in [1.29, 1.82) is 0 Å². The van der Waals surface area contributed by atoms with Crippen LogP contribution in [0.2, 0.25) is 0 Å². The van der Waals surface area contributed by atoms with Gasteiger partial charge in [-0.2, -0.15) is 0 Å². The van der Waals surface area contributed by atoms with Crippen molar-refractivity contribution in [2.45, 2.75) is 19.4 Å². The molecule has 0 aromatic heterocycles. The summed E-state index contributed by atoms with van der Waals surface area (Å²) in [4.78, 5) is 10.7. The van der Waals surface area contributed by atoms with Crippen LogP contribution in [-0.4, -0.2) is 11.5 Å². The maximum atomic E-state index is 11.1. The first-order chi connectivity index (χ1) is 10.1. The molecule has 2 N–H and O–H groups in total. The van der Waals surface area contributed by atoms with E-state index in [1.165, 1.54) is 0 Å². The first kappa shape index (κ1) is 15.0. The summed E-state index contributed by atoms with van der Waals surface area (Å²) in [6.07, 6.45) is 0.741. The van der Waals surface area contributed by atoms with E-state index in [1.54, 1.807) is 12.1 Å². The van der Waals surface area contributed by atoms with E-state index >= 15 is 0 Å². The maximum absolute atomic E-state index is 11.1. The number of nitro benzene ring substituents is 1.